The fraction of sp³-hybridized carbons (Fsp3) is 0.300. The van der Waals surface area contributed by atoms with E-state index in [1.807, 2.05) is 54.6 Å². The normalized spacial score (nSPS) is 18.3. The number of nitrogens with zero attached hydrogens (tertiary/aromatic N) is 1. The first-order valence-corrected chi connectivity index (χ1v) is 8.46. The molecule has 0 amide bonds. The summed E-state index contributed by atoms with van der Waals surface area (Å²) in [7, 11) is 0. The molecule has 1 fully saturated rings. The second-order valence-electron chi connectivity index (χ2n) is 6.15. The highest BCUT2D eigenvalue weighted by molar-refractivity contribution is 6.30. The fourth-order valence-corrected chi connectivity index (χ4v) is 3.18. The van der Waals surface area contributed by atoms with E-state index in [1.54, 1.807) is 0 Å². The summed E-state index contributed by atoms with van der Waals surface area (Å²) in [4.78, 5) is 2.38. The van der Waals surface area contributed by atoms with Crippen LogP contribution in [-0.2, 0) is 5.60 Å². The molecule has 2 aromatic carbocycles. The summed E-state index contributed by atoms with van der Waals surface area (Å²) < 4.78 is 0. The van der Waals surface area contributed by atoms with Crippen molar-refractivity contribution >= 4 is 17.7 Å². The SMILES string of the molecule is OC1(c2ccccc2)CCN(C/C=C/c2ccc(Cl)cc2)CC1. The van der Waals surface area contributed by atoms with Gasteiger partial charge in [-0.25, -0.2) is 0 Å². The van der Waals surface area contributed by atoms with E-state index in [0.717, 1.165) is 48.6 Å². The van der Waals surface area contributed by atoms with Gasteiger partial charge in [-0.15, -0.1) is 0 Å². The Bertz CT molecular complexity index is 643. The van der Waals surface area contributed by atoms with Crippen molar-refractivity contribution in [2.24, 2.45) is 0 Å². The maximum atomic E-state index is 10.8. The van der Waals surface area contributed by atoms with Gasteiger partial charge in [0.15, 0.2) is 0 Å². The first-order valence-electron chi connectivity index (χ1n) is 8.08. The Balaban J connectivity index is 1.52. The molecule has 0 radical (unpaired) electrons. The van der Waals surface area contributed by atoms with Crippen molar-refractivity contribution in [3.63, 3.8) is 0 Å². The molecule has 23 heavy (non-hydrogen) atoms. The van der Waals surface area contributed by atoms with Gasteiger partial charge in [-0.05, 0) is 36.1 Å². The molecule has 0 saturated carbocycles. The van der Waals surface area contributed by atoms with Crippen LogP contribution in [0.5, 0.6) is 0 Å². The Kier molecular flexibility index (Phi) is 5.16. The minimum absolute atomic E-state index is 0.669. The van der Waals surface area contributed by atoms with Gasteiger partial charge in [0.05, 0.1) is 5.60 Å². The average molecular weight is 328 g/mol. The maximum absolute atomic E-state index is 10.8. The third-order valence-electron chi connectivity index (χ3n) is 4.54. The number of rotatable bonds is 4. The molecule has 2 nitrogen and oxygen atoms in total. The molecule has 1 aliphatic heterocycles. The molecule has 120 valence electrons. The molecule has 3 rings (SSSR count). The van der Waals surface area contributed by atoms with Crippen molar-refractivity contribution < 1.29 is 5.11 Å². The first kappa shape index (κ1) is 16.3. The van der Waals surface area contributed by atoms with Crippen LogP contribution in [0.25, 0.3) is 6.08 Å². The van der Waals surface area contributed by atoms with Crippen molar-refractivity contribution in [1.82, 2.24) is 4.90 Å². The van der Waals surface area contributed by atoms with Crippen molar-refractivity contribution in [1.29, 1.82) is 0 Å². The minimum Gasteiger partial charge on any atom is -0.385 e. The van der Waals surface area contributed by atoms with E-state index in [-0.39, 0.29) is 0 Å². The Morgan fingerprint density at radius 3 is 2.30 bits per heavy atom. The van der Waals surface area contributed by atoms with Gasteiger partial charge >= 0.3 is 0 Å². The molecule has 1 aliphatic rings. The van der Waals surface area contributed by atoms with E-state index in [9.17, 15) is 5.11 Å². The monoisotopic (exact) mass is 327 g/mol. The van der Waals surface area contributed by atoms with Gasteiger partial charge in [0.1, 0.15) is 0 Å². The number of benzene rings is 2. The predicted octanol–water partition coefficient (Wildman–Crippen LogP) is 4.34. The number of halogens is 1. The van der Waals surface area contributed by atoms with E-state index >= 15 is 0 Å². The lowest BCUT2D eigenvalue weighted by Gasteiger charge is -2.38. The summed E-state index contributed by atoms with van der Waals surface area (Å²) in [5, 5.41) is 11.6. The minimum atomic E-state index is -0.669. The molecule has 1 saturated heterocycles. The zero-order valence-corrected chi connectivity index (χ0v) is 13.9. The second kappa shape index (κ2) is 7.31. The molecule has 0 aromatic heterocycles. The molecular formula is C20H22ClNO. The highest BCUT2D eigenvalue weighted by atomic mass is 35.5. The molecule has 3 heteroatoms. The molecule has 0 atom stereocenters. The zero-order valence-electron chi connectivity index (χ0n) is 13.2. The highest BCUT2D eigenvalue weighted by Gasteiger charge is 2.33. The molecule has 0 bridgehead atoms. The quantitative estimate of drug-likeness (QED) is 0.903. The van der Waals surface area contributed by atoms with Crippen LogP contribution in [0.1, 0.15) is 24.0 Å². The number of likely N-dealkylation sites (tertiary alicyclic amines) is 1. The smallest absolute Gasteiger partial charge is 0.0920 e. The highest BCUT2D eigenvalue weighted by Crippen LogP contribution is 2.32. The molecule has 0 spiro atoms. The van der Waals surface area contributed by atoms with E-state index in [4.69, 9.17) is 11.6 Å². The van der Waals surface area contributed by atoms with E-state index in [2.05, 4.69) is 17.1 Å². The lowest BCUT2D eigenvalue weighted by atomic mass is 9.84. The van der Waals surface area contributed by atoms with E-state index < -0.39 is 5.60 Å². The van der Waals surface area contributed by atoms with Crippen LogP contribution in [0, 0.1) is 0 Å². The molecule has 1 heterocycles. The van der Waals surface area contributed by atoms with Gasteiger partial charge in [-0.2, -0.15) is 0 Å². The number of hydrogen-bond acceptors (Lipinski definition) is 2. The van der Waals surface area contributed by atoms with Gasteiger partial charge in [0, 0.05) is 24.7 Å². The molecule has 2 aromatic rings. The van der Waals surface area contributed by atoms with Crippen molar-refractivity contribution in [2.45, 2.75) is 18.4 Å². The average Bonchev–Trinajstić information content (AvgIpc) is 2.59. The summed E-state index contributed by atoms with van der Waals surface area (Å²) in [6.45, 7) is 2.74. The van der Waals surface area contributed by atoms with Crippen LogP contribution in [0.4, 0.5) is 0 Å². The number of aliphatic hydroxyl groups is 1. The maximum Gasteiger partial charge on any atom is 0.0920 e. The lowest BCUT2D eigenvalue weighted by molar-refractivity contribution is -0.0233. The van der Waals surface area contributed by atoms with Gasteiger partial charge in [-0.3, -0.25) is 4.90 Å². The largest absolute Gasteiger partial charge is 0.385 e. The zero-order chi connectivity index (χ0) is 16.1. The molecule has 0 aliphatic carbocycles. The molecule has 1 N–H and O–H groups in total. The number of piperidine rings is 1. The van der Waals surface area contributed by atoms with Gasteiger partial charge < -0.3 is 5.11 Å². The van der Waals surface area contributed by atoms with Gasteiger partial charge in [-0.1, -0.05) is 66.2 Å². The summed E-state index contributed by atoms with van der Waals surface area (Å²) in [6, 6.07) is 17.9. The Labute approximate surface area is 143 Å². The predicted molar refractivity (Wildman–Crippen MR) is 96.5 cm³/mol. The molecular weight excluding hydrogens is 306 g/mol. The Morgan fingerprint density at radius 1 is 1.00 bits per heavy atom. The van der Waals surface area contributed by atoms with Crippen molar-refractivity contribution in [3.8, 4) is 0 Å². The topological polar surface area (TPSA) is 23.5 Å². The second-order valence-corrected chi connectivity index (χ2v) is 6.59. The van der Waals surface area contributed by atoms with Crippen LogP contribution in [-0.4, -0.2) is 29.6 Å². The van der Waals surface area contributed by atoms with Crippen LogP contribution in [0.2, 0.25) is 5.02 Å². The third-order valence-corrected chi connectivity index (χ3v) is 4.79. The standard InChI is InChI=1S/C20H22ClNO/c21-19-10-8-17(9-11-19)5-4-14-22-15-12-20(23,13-16-22)18-6-2-1-3-7-18/h1-11,23H,12-16H2/b5-4+. The van der Waals surface area contributed by atoms with E-state index in [0.29, 0.717) is 0 Å². The van der Waals surface area contributed by atoms with Crippen LogP contribution in [0.15, 0.2) is 60.7 Å². The fourth-order valence-electron chi connectivity index (χ4n) is 3.05. The molecule has 0 unspecified atom stereocenters. The third kappa shape index (κ3) is 4.23. The van der Waals surface area contributed by atoms with Crippen LogP contribution < -0.4 is 0 Å². The van der Waals surface area contributed by atoms with Crippen molar-refractivity contribution in [3.05, 3.63) is 76.8 Å². The van der Waals surface area contributed by atoms with Crippen LogP contribution in [0.3, 0.4) is 0 Å². The summed E-state index contributed by atoms with van der Waals surface area (Å²) in [6.07, 6.45) is 5.86. The van der Waals surface area contributed by atoms with Crippen molar-refractivity contribution in [2.75, 3.05) is 19.6 Å². The van der Waals surface area contributed by atoms with Gasteiger partial charge in [0.25, 0.3) is 0 Å². The van der Waals surface area contributed by atoms with E-state index in [1.165, 1.54) is 0 Å². The first-order chi connectivity index (χ1) is 11.2. The lowest BCUT2D eigenvalue weighted by Crippen LogP contribution is -2.42. The summed E-state index contributed by atoms with van der Waals surface area (Å²) in [5.74, 6) is 0. The Hall–Kier alpha value is -1.61. The summed E-state index contributed by atoms with van der Waals surface area (Å²) >= 11 is 5.89. The van der Waals surface area contributed by atoms with Crippen LogP contribution >= 0.6 is 11.6 Å². The number of hydrogen-bond donors (Lipinski definition) is 1. The summed E-state index contributed by atoms with van der Waals surface area (Å²) in [5.41, 5.74) is 1.53. The Morgan fingerprint density at radius 2 is 1.65 bits per heavy atom. The van der Waals surface area contributed by atoms with Gasteiger partial charge in [0.2, 0.25) is 0 Å².